The molecule has 12 heavy (non-hydrogen) atoms. The number of hydrogen-bond acceptors (Lipinski definition) is 3. The van der Waals surface area contributed by atoms with Crippen molar-refractivity contribution in [1.82, 2.24) is 0 Å². The van der Waals surface area contributed by atoms with Crippen LogP contribution in [-0.4, -0.2) is 11.0 Å². The number of carbonyl (C=O) groups excluding carboxylic acids is 1. The van der Waals surface area contributed by atoms with Gasteiger partial charge in [0.15, 0.2) is 0 Å². The van der Waals surface area contributed by atoms with Crippen LogP contribution >= 0.6 is 0 Å². The summed E-state index contributed by atoms with van der Waals surface area (Å²) >= 11 is 0. The SMILES string of the molecule is N#Cc1ccc(O)cc1C(N)=O. The van der Waals surface area contributed by atoms with Gasteiger partial charge in [0.05, 0.1) is 17.2 Å². The van der Waals surface area contributed by atoms with Gasteiger partial charge < -0.3 is 10.8 Å². The van der Waals surface area contributed by atoms with E-state index in [2.05, 4.69) is 0 Å². The Balaban J connectivity index is 3.34. The average Bonchev–Trinajstić information content (AvgIpc) is 2.04. The summed E-state index contributed by atoms with van der Waals surface area (Å²) in [5, 5.41) is 17.5. The van der Waals surface area contributed by atoms with Crippen LogP contribution in [0.5, 0.6) is 5.75 Å². The van der Waals surface area contributed by atoms with E-state index in [4.69, 9.17) is 16.1 Å². The number of carbonyl (C=O) groups is 1. The van der Waals surface area contributed by atoms with E-state index >= 15 is 0 Å². The second-order valence-electron chi connectivity index (χ2n) is 2.21. The number of nitriles is 1. The van der Waals surface area contributed by atoms with Crippen LogP contribution in [0.1, 0.15) is 15.9 Å². The van der Waals surface area contributed by atoms with Crippen LogP contribution < -0.4 is 5.73 Å². The number of benzene rings is 1. The third-order valence-electron chi connectivity index (χ3n) is 1.39. The number of phenolic OH excluding ortho intramolecular Hbond substituents is 1. The molecule has 1 rings (SSSR count). The summed E-state index contributed by atoms with van der Waals surface area (Å²) in [6, 6.07) is 5.63. The maximum absolute atomic E-state index is 10.7. The average molecular weight is 162 g/mol. The molecule has 0 aliphatic heterocycles. The highest BCUT2D eigenvalue weighted by atomic mass is 16.3. The molecule has 0 aliphatic carbocycles. The van der Waals surface area contributed by atoms with Gasteiger partial charge in [-0.25, -0.2) is 0 Å². The molecule has 0 bridgehead atoms. The Labute approximate surface area is 68.8 Å². The fraction of sp³-hybridized carbons (Fsp3) is 0. The lowest BCUT2D eigenvalue weighted by Gasteiger charge is -1.98. The number of rotatable bonds is 1. The molecule has 0 spiro atoms. The van der Waals surface area contributed by atoms with Gasteiger partial charge >= 0.3 is 0 Å². The predicted molar refractivity (Wildman–Crippen MR) is 41.3 cm³/mol. The molecule has 0 radical (unpaired) electrons. The lowest BCUT2D eigenvalue weighted by atomic mass is 10.1. The van der Waals surface area contributed by atoms with Crippen molar-refractivity contribution in [1.29, 1.82) is 5.26 Å². The molecule has 0 fully saturated rings. The predicted octanol–water partition coefficient (Wildman–Crippen LogP) is 0.363. The van der Waals surface area contributed by atoms with Crippen molar-refractivity contribution in [3.05, 3.63) is 29.3 Å². The monoisotopic (exact) mass is 162 g/mol. The fourth-order valence-corrected chi connectivity index (χ4v) is 0.834. The van der Waals surface area contributed by atoms with Crippen molar-refractivity contribution in [2.24, 2.45) is 5.73 Å². The summed E-state index contributed by atoms with van der Waals surface area (Å²) in [6.07, 6.45) is 0. The van der Waals surface area contributed by atoms with Crippen LogP contribution in [0.3, 0.4) is 0 Å². The summed E-state index contributed by atoms with van der Waals surface area (Å²) in [5.74, 6) is -0.801. The molecule has 1 aromatic rings. The van der Waals surface area contributed by atoms with Crippen molar-refractivity contribution in [3.63, 3.8) is 0 Å². The normalized spacial score (nSPS) is 8.92. The molecule has 4 nitrogen and oxygen atoms in total. The van der Waals surface area contributed by atoms with E-state index < -0.39 is 5.91 Å². The summed E-state index contributed by atoms with van der Waals surface area (Å²) < 4.78 is 0. The summed E-state index contributed by atoms with van der Waals surface area (Å²) in [6.45, 7) is 0. The summed E-state index contributed by atoms with van der Waals surface area (Å²) in [7, 11) is 0. The van der Waals surface area contributed by atoms with Crippen LogP contribution in [0.25, 0.3) is 0 Å². The second-order valence-corrected chi connectivity index (χ2v) is 2.21. The molecule has 4 heteroatoms. The van der Waals surface area contributed by atoms with Crippen LogP contribution in [0.15, 0.2) is 18.2 Å². The molecular weight excluding hydrogens is 156 g/mol. The minimum Gasteiger partial charge on any atom is -0.508 e. The van der Waals surface area contributed by atoms with E-state index in [1.807, 2.05) is 0 Å². The molecule has 3 N–H and O–H groups in total. The van der Waals surface area contributed by atoms with Crippen molar-refractivity contribution >= 4 is 5.91 Å². The Morgan fingerprint density at radius 2 is 2.25 bits per heavy atom. The number of nitrogens with two attached hydrogens (primary N) is 1. The Bertz CT molecular complexity index is 366. The van der Waals surface area contributed by atoms with Crippen molar-refractivity contribution < 1.29 is 9.90 Å². The van der Waals surface area contributed by atoms with Gasteiger partial charge in [0.2, 0.25) is 5.91 Å². The largest absolute Gasteiger partial charge is 0.508 e. The quantitative estimate of drug-likeness (QED) is 0.625. The van der Waals surface area contributed by atoms with E-state index in [1.54, 1.807) is 6.07 Å². The van der Waals surface area contributed by atoms with E-state index in [0.29, 0.717) is 0 Å². The van der Waals surface area contributed by atoms with Gasteiger partial charge in [-0.15, -0.1) is 0 Å². The van der Waals surface area contributed by atoms with Gasteiger partial charge in [-0.3, -0.25) is 4.79 Å². The Morgan fingerprint density at radius 3 is 2.75 bits per heavy atom. The number of amides is 1. The smallest absolute Gasteiger partial charge is 0.250 e. The first-order chi connectivity index (χ1) is 5.65. The van der Waals surface area contributed by atoms with Gasteiger partial charge in [-0.05, 0) is 18.2 Å². The molecular formula is C8H6N2O2. The van der Waals surface area contributed by atoms with Crippen molar-refractivity contribution in [2.45, 2.75) is 0 Å². The lowest BCUT2D eigenvalue weighted by molar-refractivity contribution is 0.0999. The first-order valence-corrected chi connectivity index (χ1v) is 3.18. The molecule has 60 valence electrons. The zero-order valence-corrected chi connectivity index (χ0v) is 6.11. The number of primary amides is 1. The number of phenols is 1. The first-order valence-electron chi connectivity index (χ1n) is 3.18. The molecule has 1 aromatic carbocycles. The minimum absolute atomic E-state index is 0.0394. The Hall–Kier alpha value is -2.02. The summed E-state index contributed by atoms with van der Waals surface area (Å²) in [4.78, 5) is 10.7. The lowest BCUT2D eigenvalue weighted by Crippen LogP contribution is -2.12. The zero-order valence-electron chi connectivity index (χ0n) is 6.11. The maximum Gasteiger partial charge on any atom is 0.250 e. The summed E-state index contributed by atoms with van der Waals surface area (Å²) in [5.41, 5.74) is 5.16. The number of aromatic hydroxyl groups is 1. The molecule has 0 aromatic heterocycles. The molecule has 0 heterocycles. The second kappa shape index (κ2) is 2.93. The van der Waals surface area contributed by atoms with Gasteiger partial charge in [0, 0.05) is 0 Å². The molecule has 0 saturated carbocycles. The zero-order chi connectivity index (χ0) is 9.14. The van der Waals surface area contributed by atoms with E-state index in [0.717, 1.165) is 0 Å². The molecule has 0 saturated heterocycles. The number of hydrogen-bond donors (Lipinski definition) is 2. The molecule has 0 unspecified atom stereocenters. The molecule has 0 aliphatic rings. The van der Waals surface area contributed by atoms with E-state index in [-0.39, 0.29) is 16.9 Å². The number of nitrogens with zero attached hydrogens (tertiary/aromatic N) is 1. The highest BCUT2D eigenvalue weighted by molar-refractivity contribution is 5.95. The van der Waals surface area contributed by atoms with Gasteiger partial charge in [-0.2, -0.15) is 5.26 Å². The van der Waals surface area contributed by atoms with Gasteiger partial charge in [0.1, 0.15) is 5.75 Å². The third-order valence-corrected chi connectivity index (χ3v) is 1.39. The van der Waals surface area contributed by atoms with Crippen LogP contribution in [0, 0.1) is 11.3 Å². The minimum atomic E-state index is -0.720. The highest BCUT2D eigenvalue weighted by Gasteiger charge is 2.07. The highest BCUT2D eigenvalue weighted by Crippen LogP contribution is 2.14. The third kappa shape index (κ3) is 1.35. The molecule has 1 amide bonds. The van der Waals surface area contributed by atoms with Crippen LogP contribution in [0.4, 0.5) is 0 Å². The maximum atomic E-state index is 10.7. The fourth-order valence-electron chi connectivity index (χ4n) is 0.834. The van der Waals surface area contributed by atoms with Crippen LogP contribution in [0.2, 0.25) is 0 Å². The van der Waals surface area contributed by atoms with Gasteiger partial charge in [-0.1, -0.05) is 0 Å². The topological polar surface area (TPSA) is 87.1 Å². The van der Waals surface area contributed by atoms with Crippen molar-refractivity contribution in [2.75, 3.05) is 0 Å². The standard InChI is InChI=1S/C8H6N2O2/c9-4-5-1-2-6(11)3-7(5)8(10)12/h1-3,11H,(H2,10,12). The van der Waals surface area contributed by atoms with Gasteiger partial charge in [0.25, 0.3) is 0 Å². The van der Waals surface area contributed by atoms with E-state index in [1.165, 1.54) is 18.2 Å². The molecule has 0 atom stereocenters. The van der Waals surface area contributed by atoms with Crippen LogP contribution in [-0.2, 0) is 0 Å². The first kappa shape index (κ1) is 8.08. The Morgan fingerprint density at radius 1 is 1.58 bits per heavy atom. The van der Waals surface area contributed by atoms with Crippen molar-refractivity contribution in [3.8, 4) is 11.8 Å². The Kier molecular flexibility index (Phi) is 1.97. The van der Waals surface area contributed by atoms with E-state index in [9.17, 15) is 4.79 Å².